The molecule has 164 valence electrons. The first-order valence-electron chi connectivity index (χ1n) is 11.0. The number of imidazole rings is 1. The second kappa shape index (κ2) is 8.82. The van der Waals surface area contributed by atoms with Crippen LogP contribution in [0, 0.1) is 6.92 Å². The molecule has 1 N–H and O–H groups in total. The number of benzene rings is 1. The summed E-state index contributed by atoms with van der Waals surface area (Å²) in [5, 5.41) is 11.5. The quantitative estimate of drug-likeness (QED) is 0.506. The highest BCUT2D eigenvalue weighted by Gasteiger charge is 2.15. The number of nitrogens with zero attached hydrogens (tertiary/aromatic N) is 5. The van der Waals surface area contributed by atoms with Gasteiger partial charge >= 0.3 is 0 Å². The van der Waals surface area contributed by atoms with Crippen molar-refractivity contribution in [1.29, 1.82) is 0 Å². The lowest BCUT2D eigenvalue weighted by Gasteiger charge is -2.09. The topological polar surface area (TPSA) is 86.3 Å². The van der Waals surface area contributed by atoms with E-state index in [-0.39, 0.29) is 5.91 Å². The monoisotopic (exact) mass is 430 g/mol. The minimum atomic E-state index is -0.141. The van der Waals surface area contributed by atoms with Crippen LogP contribution in [-0.2, 0) is 26.1 Å². The third-order valence-corrected chi connectivity index (χ3v) is 5.75. The van der Waals surface area contributed by atoms with Crippen molar-refractivity contribution in [2.24, 2.45) is 0 Å². The van der Waals surface area contributed by atoms with Gasteiger partial charge < -0.3 is 19.0 Å². The molecule has 0 bridgehead atoms. The van der Waals surface area contributed by atoms with Crippen LogP contribution in [0.4, 0.5) is 0 Å². The first kappa shape index (κ1) is 20.2. The number of hydrogen-bond acceptors (Lipinski definition) is 5. The van der Waals surface area contributed by atoms with Crippen LogP contribution in [0.1, 0.15) is 52.5 Å². The van der Waals surface area contributed by atoms with Gasteiger partial charge in [-0.2, -0.15) is 0 Å². The zero-order chi connectivity index (χ0) is 21.9. The maximum Gasteiger partial charge on any atom is 0.251 e. The fourth-order valence-corrected chi connectivity index (χ4v) is 4.02. The number of nitrogens with one attached hydrogen (secondary N) is 1. The Bertz CT molecular complexity index is 1240. The van der Waals surface area contributed by atoms with Crippen LogP contribution in [0.25, 0.3) is 5.65 Å². The van der Waals surface area contributed by atoms with Gasteiger partial charge in [0.05, 0.1) is 12.2 Å². The van der Waals surface area contributed by atoms with E-state index in [0.29, 0.717) is 24.5 Å². The average Bonchev–Trinajstić information content (AvgIpc) is 3.31. The second-order valence-corrected chi connectivity index (χ2v) is 8.19. The summed E-state index contributed by atoms with van der Waals surface area (Å²) in [5.41, 5.74) is 3.50. The van der Waals surface area contributed by atoms with Crippen molar-refractivity contribution in [1.82, 2.24) is 29.5 Å². The molecule has 4 aromatic rings. The Labute approximate surface area is 186 Å². The van der Waals surface area contributed by atoms with Gasteiger partial charge in [0.1, 0.15) is 23.8 Å². The van der Waals surface area contributed by atoms with Crippen molar-refractivity contribution < 1.29 is 9.53 Å². The Morgan fingerprint density at radius 3 is 2.81 bits per heavy atom. The number of hydrogen-bond donors (Lipinski definition) is 1. The van der Waals surface area contributed by atoms with Gasteiger partial charge in [-0.15, -0.1) is 10.2 Å². The first-order chi connectivity index (χ1) is 15.7. The summed E-state index contributed by atoms with van der Waals surface area (Å²) in [7, 11) is 0. The maximum absolute atomic E-state index is 12.6. The van der Waals surface area contributed by atoms with Gasteiger partial charge in [-0.05, 0) is 55.7 Å². The number of fused-ring (bicyclic) bond motifs is 2. The van der Waals surface area contributed by atoms with Gasteiger partial charge in [0, 0.05) is 30.9 Å². The summed E-state index contributed by atoms with van der Waals surface area (Å²) in [5.74, 6) is 2.39. The smallest absolute Gasteiger partial charge is 0.251 e. The summed E-state index contributed by atoms with van der Waals surface area (Å²) < 4.78 is 9.99. The Morgan fingerprint density at radius 1 is 1.06 bits per heavy atom. The lowest BCUT2D eigenvalue weighted by Crippen LogP contribution is -2.25. The fourth-order valence-electron chi connectivity index (χ4n) is 4.02. The van der Waals surface area contributed by atoms with Gasteiger partial charge in [-0.3, -0.25) is 4.79 Å². The molecule has 0 atom stereocenters. The Balaban J connectivity index is 1.17. The third-order valence-electron chi connectivity index (χ3n) is 5.75. The third kappa shape index (κ3) is 4.34. The standard InChI is InChI=1S/C24H26N6O2/c1-17-6-11-21-26-19(15-29(21)14-17)16-32-20-9-7-18(8-10-20)24(31)25-13-23-28-27-22-5-3-2-4-12-30(22)23/h6-11,14-15H,2-5,12-13,16H2,1H3,(H,25,31). The summed E-state index contributed by atoms with van der Waals surface area (Å²) in [6.45, 7) is 3.71. The van der Waals surface area contributed by atoms with Crippen LogP contribution in [0.2, 0.25) is 0 Å². The van der Waals surface area contributed by atoms with Crippen molar-refractivity contribution in [3.63, 3.8) is 0 Å². The molecule has 0 aliphatic carbocycles. The largest absolute Gasteiger partial charge is 0.487 e. The van der Waals surface area contributed by atoms with Crippen LogP contribution >= 0.6 is 0 Å². The number of carbonyl (C=O) groups excluding carboxylic acids is 1. The lowest BCUT2D eigenvalue weighted by atomic mass is 10.2. The minimum Gasteiger partial charge on any atom is -0.487 e. The van der Waals surface area contributed by atoms with Crippen LogP contribution in [0.3, 0.4) is 0 Å². The van der Waals surface area contributed by atoms with Crippen molar-refractivity contribution in [3.05, 3.63) is 77.3 Å². The van der Waals surface area contributed by atoms with E-state index < -0.39 is 0 Å². The highest BCUT2D eigenvalue weighted by atomic mass is 16.5. The zero-order valence-electron chi connectivity index (χ0n) is 18.1. The molecule has 0 saturated carbocycles. The number of carbonyl (C=O) groups is 1. The van der Waals surface area contributed by atoms with E-state index >= 15 is 0 Å². The molecule has 32 heavy (non-hydrogen) atoms. The van der Waals surface area contributed by atoms with E-state index in [1.54, 1.807) is 24.3 Å². The molecule has 0 saturated heterocycles. The van der Waals surface area contributed by atoms with Crippen LogP contribution in [0.5, 0.6) is 5.75 Å². The molecule has 0 fully saturated rings. The van der Waals surface area contributed by atoms with E-state index in [1.807, 2.05) is 28.9 Å². The van der Waals surface area contributed by atoms with Crippen LogP contribution in [-0.4, -0.2) is 30.1 Å². The number of amides is 1. The Kier molecular flexibility index (Phi) is 5.58. The second-order valence-electron chi connectivity index (χ2n) is 8.19. The molecule has 1 aliphatic heterocycles. The number of ether oxygens (including phenoxy) is 1. The van der Waals surface area contributed by atoms with E-state index in [1.165, 1.54) is 12.0 Å². The van der Waals surface area contributed by atoms with E-state index in [0.717, 1.165) is 48.8 Å². The Hall–Kier alpha value is -3.68. The molecular weight excluding hydrogens is 404 g/mol. The number of aromatic nitrogens is 5. The molecule has 1 amide bonds. The molecule has 3 aromatic heterocycles. The predicted molar refractivity (Wildman–Crippen MR) is 119 cm³/mol. The molecule has 1 aromatic carbocycles. The van der Waals surface area contributed by atoms with Gasteiger partial charge in [0.2, 0.25) is 0 Å². The number of aryl methyl sites for hydroxylation is 2. The first-order valence-corrected chi connectivity index (χ1v) is 11.0. The molecule has 1 aliphatic rings. The Morgan fingerprint density at radius 2 is 1.94 bits per heavy atom. The van der Waals surface area contributed by atoms with Gasteiger partial charge in [0.15, 0.2) is 5.82 Å². The molecule has 8 nitrogen and oxygen atoms in total. The van der Waals surface area contributed by atoms with Crippen LogP contribution < -0.4 is 10.1 Å². The summed E-state index contributed by atoms with van der Waals surface area (Å²) >= 11 is 0. The molecule has 0 radical (unpaired) electrons. The fraction of sp³-hybridized carbons (Fsp3) is 0.333. The normalized spacial score (nSPS) is 13.5. The summed E-state index contributed by atoms with van der Waals surface area (Å²) in [6.07, 6.45) is 8.45. The molecule has 0 unspecified atom stereocenters. The van der Waals surface area contributed by atoms with Crippen molar-refractivity contribution >= 4 is 11.6 Å². The molecular formula is C24H26N6O2. The molecule has 5 rings (SSSR count). The van der Waals surface area contributed by atoms with E-state index in [2.05, 4.69) is 32.0 Å². The highest BCUT2D eigenvalue weighted by Crippen LogP contribution is 2.16. The van der Waals surface area contributed by atoms with Crippen LogP contribution in [0.15, 0.2) is 48.8 Å². The summed E-state index contributed by atoms with van der Waals surface area (Å²) in [6, 6.07) is 11.2. The van der Waals surface area contributed by atoms with Crippen molar-refractivity contribution in [2.45, 2.75) is 52.3 Å². The maximum atomic E-state index is 12.6. The van der Waals surface area contributed by atoms with E-state index in [9.17, 15) is 4.79 Å². The number of rotatable bonds is 6. The lowest BCUT2D eigenvalue weighted by molar-refractivity contribution is 0.0949. The molecule has 4 heterocycles. The summed E-state index contributed by atoms with van der Waals surface area (Å²) in [4.78, 5) is 17.1. The highest BCUT2D eigenvalue weighted by molar-refractivity contribution is 5.94. The van der Waals surface area contributed by atoms with E-state index in [4.69, 9.17) is 4.74 Å². The minimum absolute atomic E-state index is 0.141. The number of pyridine rings is 1. The average molecular weight is 431 g/mol. The molecule has 0 spiro atoms. The van der Waals surface area contributed by atoms with Crippen molar-refractivity contribution in [2.75, 3.05) is 0 Å². The SMILES string of the molecule is Cc1ccc2nc(COc3ccc(C(=O)NCc4nnc5n4CCCCC5)cc3)cn2c1. The van der Waals surface area contributed by atoms with Gasteiger partial charge in [-0.1, -0.05) is 12.5 Å². The molecule has 8 heteroatoms. The zero-order valence-corrected chi connectivity index (χ0v) is 18.1. The van der Waals surface area contributed by atoms with Gasteiger partial charge in [0.25, 0.3) is 5.91 Å². The predicted octanol–water partition coefficient (Wildman–Crippen LogP) is 3.47. The van der Waals surface area contributed by atoms with Gasteiger partial charge in [-0.25, -0.2) is 4.98 Å². The van der Waals surface area contributed by atoms with Crippen molar-refractivity contribution in [3.8, 4) is 5.75 Å².